The Morgan fingerprint density at radius 2 is 1.93 bits per heavy atom. The molecule has 0 amide bonds. The van der Waals surface area contributed by atoms with Gasteiger partial charge in [-0.1, -0.05) is 11.6 Å². The van der Waals surface area contributed by atoms with Crippen molar-refractivity contribution in [2.45, 2.75) is 11.8 Å². The van der Waals surface area contributed by atoms with Gasteiger partial charge in [-0.15, -0.1) is 0 Å². The largest absolute Gasteiger partial charge is 1.00 e. The number of nitrogen functional groups attached to an aromatic ring is 1. The minimum absolute atomic E-state index is 0. The van der Waals surface area contributed by atoms with E-state index >= 15 is 0 Å². The summed E-state index contributed by atoms with van der Waals surface area (Å²) >= 11 is 5.60. The average Bonchev–Trinajstić information content (AvgIpc) is 1.78. The number of hydrogen-bond donors (Lipinski definition) is 1. The molecule has 2 N–H and O–H groups in total. The molecule has 0 bridgehead atoms. The Labute approximate surface area is 109 Å². The predicted octanol–water partition coefficient (Wildman–Crippen LogP) is -1.86. The van der Waals surface area contributed by atoms with Crippen molar-refractivity contribution in [3.8, 4) is 0 Å². The Balaban J connectivity index is 0.00000169. The van der Waals surface area contributed by atoms with Crippen LogP contribution in [-0.4, -0.2) is 13.0 Å². The molecular weight excluding hydrogens is 237 g/mol. The van der Waals surface area contributed by atoms with Gasteiger partial charge in [-0.2, -0.15) is 0 Å². The van der Waals surface area contributed by atoms with E-state index in [1.54, 1.807) is 0 Å². The summed E-state index contributed by atoms with van der Waals surface area (Å²) in [6.45, 7) is 1.47. The van der Waals surface area contributed by atoms with Crippen LogP contribution in [-0.2, 0) is 10.1 Å². The first kappa shape index (κ1) is 14.2. The summed E-state index contributed by atoms with van der Waals surface area (Å²) in [6, 6.07) is 2.61. The second-order valence-corrected chi connectivity index (χ2v) is 4.35. The van der Waals surface area contributed by atoms with Crippen molar-refractivity contribution in [1.82, 2.24) is 0 Å². The molecular formula is C7H7ClNNaO3S. The molecule has 7 heteroatoms. The average molecular weight is 244 g/mol. The standard InChI is InChI=1S/C7H8ClNO3S.Na/c1-4-2-5(8)3-6(9)7(4)13(10,11)12;/h2-3H,9H2,1H3,(H,10,11,12);/q;+1/p-1. The Hall–Kier alpha value is 0.220. The molecule has 0 saturated heterocycles. The fourth-order valence-corrected chi connectivity index (χ4v) is 2.18. The maximum absolute atomic E-state index is 10.7. The molecule has 0 aliphatic rings. The maximum atomic E-state index is 10.7. The second-order valence-electron chi connectivity index (χ2n) is 2.60. The van der Waals surface area contributed by atoms with Gasteiger partial charge in [-0.3, -0.25) is 0 Å². The van der Waals surface area contributed by atoms with Gasteiger partial charge < -0.3 is 10.3 Å². The Kier molecular flexibility index (Phi) is 4.90. The van der Waals surface area contributed by atoms with E-state index in [4.69, 9.17) is 17.3 Å². The van der Waals surface area contributed by atoms with Crippen LogP contribution in [0.3, 0.4) is 0 Å². The van der Waals surface area contributed by atoms with E-state index in [0.717, 1.165) is 0 Å². The topological polar surface area (TPSA) is 83.2 Å². The summed E-state index contributed by atoms with van der Waals surface area (Å²) in [5.41, 5.74) is 5.50. The predicted molar refractivity (Wildman–Crippen MR) is 48.6 cm³/mol. The number of rotatable bonds is 1. The first-order valence-corrected chi connectivity index (χ1v) is 5.12. The van der Waals surface area contributed by atoms with Crippen LogP contribution in [0.2, 0.25) is 5.02 Å². The third kappa shape index (κ3) is 3.12. The fraction of sp³-hybridized carbons (Fsp3) is 0.143. The third-order valence-corrected chi connectivity index (χ3v) is 2.79. The molecule has 1 aromatic rings. The fourth-order valence-electron chi connectivity index (χ4n) is 1.10. The summed E-state index contributed by atoms with van der Waals surface area (Å²) in [7, 11) is -4.51. The van der Waals surface area contributed by atoms with Crippen molar-refractivity contribution < 1.29 is 42.5 Å². The van der Waals surface area contributed by atoms with Crippen LogP contribution in [0, 0.1) is 6.92 Å². The van der Waals surface area contributed by atoms with Gasteiger partial charge in [-0.05, 0) is 24.6 Å². The van der Waals surface area contributed by atoms with Gasteiger partial charge in [0.2, 0.25) is 0 Å². The maximum Gasteiger partial charge on any atom is 1.00 e. The molecule has 0 aromatic heterocycles. The molecule has 0 heterocycles. The first-order valence-electron chi connectivity index (χ1n) is 3.34. The van der Waals surface area contributed by atoms with Gasteiger partial charge >= 0.3 is 29.6 Å². The zero-order valence-corrected chi connectivity index (χ0v) is 11.3. The minimum atomic E-state index is -4.51. The SMILES string of the molecule is Cc1cc(Cl)cc(N)c1S(=O)(=O)[O-].[Na+]. The first-order chi connectivity index (χ1) is 5.82. The van der Waals surface area contributed by atoms with Gasteiger partial charge in [0, 0.05) is 5.02 Å². The summed E-state index contributed by atoms with van der Waals surface area (Å²) in [6.07, 6.45) is 0. The molecule has 0 radical (unpaired) electrons. The molecule has 0 saturated carbocycles. The number of benzene rings is 1. The molecule has 0 aliphatic carbocycles. The molecule has 0 spiro atoms. The van der Waals surface area contributed by atoms with E-state index in [-0.39, 0.29) is 40.8 Å². The van der Waals surface area contributed by atoms with E-state index in [1.165, 1.54) is 19.1 Å². The molecule has 14 heavy (non-hydrogen) atoms. The van der Waals surface area contributed by atoms with Crippen molar-refractivity contribution in [1.29, 1.82) is 0 Å². The van der Waals surface area contributed by atoms with Crippen molar-refractivity contribution in [2.75, 3.05) is 5.73 Å². The summed E-state index contributed by atoms with van der Waals surface area (Å²) in [4.78, 5) is -0.392. The quantitative estimate of drug-likeness (QED) is 0.356. The van der Waals surface area contributed by atoms with Crippen LogP contribution in [0.25, 0.3) is 0 Å². The van der Waals surface area contributed by atoms with Gasteiger partial charge in [0.1, 0.15) is 10.1 Å². The van der Waals surface area contributed by atoms with Gasteiger partial charge in [0.25, 0.3) is 0 Å². The van der Waals surface area contributed by atoms with Gasteiger partial charge in [0.05, 0.1) is 10.6 Å². The number of anilines is 1. The molecule has 0 fully saturated rings. The van der Waals surface area contributed by atoms with Crippen molar-refractivity contribution in [2.24, 2.45) is 0 Å². The van der Waals surface area contributed by atoms with E-state index < -0.39 is 15.0 Å². The van der Waals surface area contributed by atoms with E-state index in [0.29, 0.717) is 5.02 Å². The van der Waals surface area contributed by atoms with Crippen molar-refractivity contribution in [3.63, 3.8) is 0 Å². The normalized spacial score (nSPS) is 10.8. The molecule has 1 aromatic carbocycles. The van der Waals surface area contributed by atoms with Crippen LogP contribution in [0.15, 0.2) is 17.0 Å². The number of aryl methyl sites for hydroxylation is 1. The molecule has 0 unspecified atom stereocenters. The zero-order valence-electron chi connectivity index (χ0n) is 7.74. The number of nitrogens with two attached hydrogens (primary N) is 1. The molecule has 0 aliphatic heterocycles. The van der Waals surface area contributed by atoms with E-state index in [1.807, 2.05) is 0 Å². The van der Waals surface area contributed by atoms with Crippen LogP contribution in [0.5, 0.6) is 0 Å². The zero-order chi connectivity index (χ0) is 10.2. The van der Waals surface area contributed by atoms with Gasteiger partial charge in [0.15, 0.2) is 0 Å². The summed E-state index contributed by atoms with van der Waals surface area (Å²) in [5.74, 6) is 0. The summed E-state index contributed by atoms with van der Waals surface area (Å²) < 4.78 is 32.1. The van der Waals surface area contributed by atoms with E-state index in [2.05, 4.69) is 0 Å². The monoisotopic (exact) mass is 243 g/mol. The summed E-state index contributed by atoms with van der Waals surface area (Å²) in [5, 5.41) is 0.308. The molecule has 0 atom stereocenters. The minimum Gasteiger partial charge on any atom is -0.744 e. The van der Waals surface area contributed by atoms with Crippen molar-refractivity contribution in [3.05, 3.63) is 22.7 Å². The van der Waals surface area contributed by atoms with Crippen molar-refractivity contribution >= 4 is 27.4 Å². The van der Waals surface area contributed by atoms with Crippen LogP contribution >= 0.6 is 11.6 Å². The number of halogens is 1. The number of hydrogen-bond acceptors (Lipinski definition) is 4. The molecule has 72 valence electrons. The Morgan fingerprint density at radius 3 is 2.29 bits per heavy atom. The Bertz CT molecular complexity index is 423. The van der Waals surface area contributed by atoms with Gasteiger partial charge in [-0.25, -0.2) is 8.42 Å². The molecule has 4 nitrogen and oxygen atoms in total. The smallest absolute Gasteiger partial charge is 0.744 e. The van der Waals surface area contributed by atoms with Crippen LogP contribution in [0.1, 0.15) is 5.56 Å². The third-order valence-electron chi connectivity index (χ3n) is 1.52. The van der Waals surface area contributed by atoms with Crippen LogP contribution in [0.4, 0.5) is 5.69 Å². The van der Waals surface area contributed by atoms with E-state index in [9.17, 15) is 13.0 Å². The Morgan fingerprint density at radius 1 is 1.43 bits per heavy atom. The second kappa shape index (κ2) is 4.83. The van der Waals surface area contributed by atoms with Crippen LogP contribution < -0.4 is 35.3 Å². The molecule has 1 rings (SSSR count).